The number of Topliss-reactive ketones (excluding diaryl/α,β-unsaturated/α-hetero) is 1. The molecule has 3 nitrogen and oxygen atoms in total. The first-order chi connectivity index (χ1) is 6.95. The minimum absolute atomic E-state index is 0.141. The van der Waals surface area contributed by atoms with E-state index < -0.39 is 0 Å². The van der Waals surface area contributed by atoms with Crippen LogP contribution in [0.5, 0.6) is 0 Å². The molecule has 80 valence electrons. The zero-order valence-electron chi connectivity index (χ0n) is 9.61. The van der Waals surface area contributed by atoms with Gasteiger partial charge in [-0.25, -0.2) is 0 Å². The summed E-state index contributed by atoms with van der Waals surface area (Å²) in [5, 5.41) is 7.55. The SMILES string of the molecule is CN=Nc1ccc(C(=O)C(C)(C)C)cc1. The van der Waals surface area contributed by atoms with Gasteiger partial charge in [-0.05, 0) is 24.3 Å². The lowest BCUT2D eigenvalue weighted by Gasteiger charge is -2.16. The van der Waals surface area contributed by atoms with Gasteiger partial charge in [-0.15, -0.1) is 0 Å². The van der Waals surface area contributed by atoms with Gasteiger partial charge in [0.25, 0.3) is 0 Å². The standard InChI is InChI=1S/C12H16N2O/c1-12(2,3)11(15)9-5-7-10(8-6-9)14-13-4/h5-8H,1-4H3. The summed E-state index contributed by atoms with van der Waals surface area (Å²) in [6.45, 7) is 5.74. The number of ketones is 1. The minimum atomic E-state index is -0.339. The molecule has 0 spiro atoms. The fourth-order valence-electron chi connectivity index (χ4n) is 1.23. The summed E-state index contributed by atoms with van der Waals surface area (Å²) in [6, 6.07) is 7.17. The third-order valence-corrected chi connectivity index (χ3v) is 2.03. The lowest BCUT2D eigenvalue weighted by Crippen LogP contribution is -2.19. The van der Waals surface area contributed by atoms with Gasteiger partial charge in [-0.2, -0.15) is 10.2 Å². The van der Waals surface area contributed by atoms with E-state index in [0.717, 1.165) is 11.3 Å². The topological polar surface area (TPSA) is 41.8 Å². The third kappa shape index (κ3) is 2.98. The van der Waals surface area contributed by atoms with Crippen LogP contribution in [-0.2, 0) is 0 Å². The first-order valence-corrected chi connectivity index (χ1v) is 4.90. The highest BCUT2D eigenvalue weighted by Crippen LogP contribution is 2.22. The van der Waals surface area contributed by atoms with E-state index in [1.54, 1.807) is 31.3 Å². The van der Waals surface area contributed by atoms with Crippen molar-refractivity contribution < 1.29 is 4.79 Å². The Morgan fingerprint density at radius 3 is 2.07 bits per heavy atom. The van der Waals surface area contributed by atoms with Crippen molar-refractivity contribution in [2.75, 3.05) is 7.05 Å². The van der Waals surface area contributed by atoms with Gasteiger partial charge in [0.05, 0.1) is 5.69 Å². The highest BCUT2D eigenvalue weighted by molar-refractivity contribution is 5.99. The van der Waals surface area contributed by atoms with Crippen LogP contribution in [0.3, 0.4) is 0 Å². The molecule has 0 unspecified atom stereocenters. The molecule has 0 bridgehead atoms. The Hall–Kier alpha value is -1.51. The zero-order valence-corrected chi connectivity index (χ0v) is 9.61. The molecule has 0 fully saturated rings. The molecular weight excluding hydrogens is 188 g/mol. The van der Waals surface area contributed by atoms with Crippen LogP contribution in [0.2, 0.25) is 0 Å². The second-order valence-corrected chi connectivity index (χ2v) is 4.43. The van der Waals surface area contributed by atoms with Crippen LogP contribution in [0.15, 0.2) is 34.5 Å². The van der Waals surface area contributed by atoms with Gasteiger partial charge >= 0.3 is 0 Å². The Morgan fingerprint density at radius 2 is 1.67 bits per heavy atom. The highest BCUT2D eigenvalue weighted by atomic mass is 16.1. The predicted molar refractivity (Wildman–Crippen MR) is 60.7 cm³/mol. The van der Waals surface area contributed by atoms with E-state index in [2.05, 4.69) is 10.2 Å². The van der Waals surface area contributed by atoms with E-state index in [0.29, 0.717) is 0 Å². The molecule has 3 heteroatoms. The van der Waals surface area contributed by atoms with Crippen molar-refractivity contribution in [3.8, 4) is 0 Å². The largest absolute Gasteiger partial charge is 0.294 e. The monoisotopic (exact) mass is 204 g/mol. The molecule has 1 rings (SSSR count). The van der Waals surface area contributed by atoms with E-state index in [4.69, 9.17) is 0 Å². The Morgan fingerprint density at radius 1 is 1.13 bits per heavy atom. The number of rotatable bonds is 2. The first-order valence-electron chi connectivity index (χ1n) is 4.90. The van der Waals surface area contributed by atoms with Crippen LogP contribution < -0.4 is 0 Å². The van der Waals surface area contributed by atoms with Crippen LogP contribution in [0.4, 0.5) is 5.69 Å². The Labute approximate surface area is 90.2 Å². The molecule has 15 heavy (non-hydrogen) atoms. The van der Waals surface area contributed by atoms with Crippen molar-refractivity contribution >= 4 is 11.5 Å². The smallest absolute Gasteiger partial charge is 0.168 e. The maximum Gasteiger partial charge on any atom is 0.168 e. The maximum absolute atomic E-state index is 11.9. The number of carbonyl (C=O) groups excluding carboxylic acids is 1. The fraction of sp³-hybridized carbons (Fsp3) is 0.417. The molecule has 0 saturated carbocycles. The lowest BCUT2D eigenvalue weighted by atomic mass is 9.86. The van der Waals surface area contributed by atoms with Gasteiger partial charge in [0.2, 0.25) is 0 Å². The summed E-state index contributed by atoms with van der Waals surface area (Å²) in [5.41, 5.74) is 1.15. The van der Waals surface area contributed by atoms with Crippen molar-refractivity contribution in [3.05, 3.63) is 29.8 Å². The summed E-state index contributed by atoms with van der Waals surface area (Å²) in [4.78, 5) is 11.9. The molecule has 1 aromatic rings. The van der Waals surface area contributed by atoms with Crippen molar-refractivity contribution in [1.82, 2.24) is 0 Å². The van der Waals surface area contributed by atoms with Gasteiger partial charge in [0.15, 0.2) is 5.78 Å². The number of hydrogen-bond donors (Lipinski definition) is 0. The number of carbonyl (C=O) groups is 1. The fourth-order valence-corrected chi connectivity index (χ4v) is 1.23. The molecule has 0 aliphatic heterocycles. The lowest BCUT2D eigenvalue weighted by molar-refractivity contribution is 0.0858. The van der Waals surface area contributed by atoms with E-state index in [1.807, 2.05) is 20.8 Å². The Kier molecular flexibility index (Phi) is 3.35. The molecular formula is C12H16N2O. The molecule has 0 radical (unpaired) electrons. The summed E-state index contributed by atoms with van der Waals surface area (Å²) in [5.74, 6) is 0.141. The van der Waals surface area contributed by atoms with Gasteiger partial charge in [0, 0.05) is 18.0 Å². The van der Waals surface area contributed by atoms with Crippen molar-refractivity contribution in [1.29, 1.82) is 0 Å². The molecule has 0 aromatic heterocycles. The molecule has 1 aromatic carbocycles. The van der Waals surface area contributed by atoms with Crippen LogP contribution in [0.1, 0.15) is 31.1 Å². The van der Waals surface area contributed by atoms with Gasteiger partial charge < -0.3 is 0 Å². The van der Waals surface area contributed by atoms with E-state index in [-0.39, 0.29) is 11.2 Å². The summed E-state index contributed by atoms with van der Waals surface area (Å²) in [6.07, 6.45) is 0. The Bertz CT molecular complexity index is 372. The zero-order chi connectivity index (χ0) is 11.5. The molecule has 0 heterocycles. The van der Waals surface area contributed by atoms with Crippen LogP contribution >= 0.6 is 0 Å². The van der Waals surface area contributed by atoms with Crippen LogP contribution in [0, 0.1) is 5.41 Å². The second kappa shape index (κ2) is 4.34. The Balaban J connectivity index is 2.94. The second-order valence-electron chi connectivity index (χ2n) is 4.43. The molecule has 0 atom stereocenters. The van der Waals surface area contributed by atoms with Gasteiger partial charge in [0.1, 0.15) is 0 Å². The predicted octanol–water partition coefficient (Wildman–Crippen LogP) is 3.63. The van der Waals surface area contributed by atoms with Crippen molar-refractivity contribution in [2.45, 2.75) is 20.8 Å². The highest BCUT2D eigenvalue weighted by Gasteiger charge is 2.22. The average Bonchev–Trinajstić information content (AvgIpc) is 2.17. The minimum Gasteiger partial charge on any atom is -0.294 e. The normalized spacial score (nSPS) is 12.0. The first kappa shape index (κ1) is 11.6. The average molecular weight is 204 g/mol. The number of benzene rings is 1. The summed E-state index contributed by atoms with van der Waals surface area (Å²) < 4.78 is 0. The molecule has 0 aliphatic rings. The van der Waals surface area contributed by atoms with E-state index in [1.165, 1.54) is 0 Å². The summed E-state index contributed by atoms with van der Waals surface area (Å²) >= 11 is 0. The van der Waals surface area contributed by atoms with Gasteiger partial charge in [-0.3, -0.25) is 4.79 Å². The molecule has 0 amide bonds. The quantitative estimate of drug-likeness (QED) is 0.535. The van der Waals surface area contributed by atoms with Crippen molar-refractivity contribution in [2.24, 2.45) is 15.6 Å². The van der Waals surface area contributed by atoms with Crippen molar-refractivity contribution in [3.63, 3.8) is 0 Å². The van der Waals surface area contributed by atoms with E-state index in [9.17, 15) is 4.79 Å². The molecule has 0 aliphatic carbocycles. The number of azo groups is 1. The summed E-state index contributed by atoms with van der Waals surface area (Å²) in [7, 11) is 1.62. The maximum atomic E-state index is 11.9. The third-order valence-electron chi connectivity index (χ3n) is 2.03. The number of hydrogen-bond acceptors (Lipinski definition) is 3. The van der Waals surface area contributed by atoms with Crippen LogP contribution in [0.25, 0.3) is 0 Å². The van der Waals surface area contributed by atoms with Gasteiger partial charge in [-0.1, -0.05) is 20.8 Å². The number of nitrogens with zero attached hydrogens (tertiary/aromatic N) is 2. The molecule has 0 saturated heterocycles. The molecule has 0 N–H and O–H groups in total. The van der Waals surface area contributed by atoms with Crippen LogP contribution in [-0.4, -0.2) is 12.8 Å². The van der Waals surface area contributed by atoms with E-state index >= 15 is 0 Å².